The minimum Gasteiger partial charge on any atom is -0.344 e. The molecule has 2 N–H and O–H groups in total. The Kier molecular flexibility index (Phi) is 4.81. The van der Waals surface area contributed by atoms with Crippen LogP contribution in [0.1, 0.15) is 51.5 Å². The van der Waals surface area contributed by atoms with Crippen LogP contribution in [0.5, 0.6) is 0 Å². The van der Waals surface area contributed by atoms with Crippen LogP contribution in [-0.4, -0.2) is 24.0 Å². The van der Waals surface area contributed by atoms with Crippen LogP contribution in [0.2, 0.25) is 0 Å². The SMILES string of the molecule is CCCC1(C(=O)NC(C)(C)c2nccs2)CCNCC1. The molecular weight excluding hydrogens is 270 g/mol. The molecule has 0 bridgehead atoms. The summed E-state index contributed by atoms with van der Waals surface area (Å²) >= 11 is 1.59. The van der Waals surface area contributed by atoms with Crippen LogP contribution in [0, 0.1) is 5.41 Å². The van der Waals surface area contributed by atoms with Crippen molar-refractivity contribution in [3.63, 3.8) is 0 Å². The first-order valence-corrected chi connectivity index (χ1v) is 8.31. The Hall–Kier alpha value is -0.940. The number of thiazole rings is 1. The van der Waals surface area contributed by atoms with Crippen molar-refractivity contribution in [1.29, 1.82) is 0 Å². The fraction of sp³-hybridized carbons (Fsp3) is 0.733. The quantitative estimate of drug-likeness (QED) is 0.878. The molecule has 1 fully saturated rings. The number of carbonyl (C=O) groups is 1. The molecule has 5 heteroatoms. The normalized spacial score (nSPS) is 18.8. The van der Waals surface area contributed by atoms with E-state index in [9.17, 15) is 4.79 Å². The monoisotopic (exact) mass is 295 g/mol. The predicted octanol–water partition coefficient (Wildman–Crippen LogP) is 2.66. The number of piperidine rings is 1. The van der Waals surface area contributed by atoms with Gasteiger partial charge in [0.15, 0.2) is 0 Å². The molecule has 1 aliphatic rings. The Bertz CT molecular complexity index is 430. The number of nitrogens with zero attached hydrogens (tertiary/aromatic N) is 1. The maximum Gasteiger partial charge on any atom is 0.227 e. The van der Waals surface area contributed by atoms with E-state index in [4.69, 9.17) is 0 Å². The first-order chi connectivity index (χ1) is 9.50. The third-order valence-electron chi connectivity index (χ3n) is 4.16. The van der Waals surface area contributed by atoms with Gasteiger partial charge in [-0.1, -0.05) is 13.3 Å². The third kappa shape index (κ3) is 3.20. The minimum absolute atomic E-state index is 0.195. The van der Waals surface area contributed by atoms with Gasteiger partial charge in [-0.3, -0.25) is 4.79 Å². The lowest BCUT2D eigenvalue weighted by Gasteiger charge is -2.38. The highest BCUT2D eigenvalue weighted by molar-refractivity contribution is 7.09. The van der Waals surface area contributed by atoms with Crippen LogP contribution in [0.15, 0.2) is 11.6 Å². The highest BCUT2D eigenvalue weighted by atomic mass is 32.1. The lowest BCUT2D eigenvalue weighted by molar-refractivity contribution is -0.135. The van der Waals surface area contributed by atoms with E-state index >= 15 is 0 Å². The number of rotatable bonds is 5. The molecule has 2 heterocycles. The van der Waals surface area contributed by atoms with E-state index in [0.717, 1.165) is 43.8 Å². The van der Waals surface area contributed by atoms with Gasteiger partial charge in [-0.15, -0.1) is 11.3 Å². The number of carbonyl (C=O) groups excluding carboxylic acids is 1. The number of amides is 1. The summed E-state index contributed by atoms with van der Waals surface area (Å²) in [6, 6.07) is 0. The molecular formula is C15H25N3OS. The summed E-state index contributed by atoms with van der Waals surface area (Å²) in [4.78, 5) is 17.2. The van der Waals surface area contributed by atoms with Crippen molar-refractivity contribution in [2.45, 2.75) is 52.0 Å². The van der Waals surface area contributed by atoms with Gasteiger partial charge < -0.3 is 10.6 Å². The van der Waals surface area contributed by atoms with Gasteiger partial charge >= 0.3 is 0 Å². The second kappa shape index (κ2) is 6.22. The summed E-state index contributed by atoms with van der Waals surface area (Å²) in [6.45, 7) is 8.09. The molecule has 2 rings (SSSR count). The Balaban J connectivity index is 2.12. The summed E-state index contributed by atoms with van der Waals surface area (Å²) in [6.07, 6.45) is 5.67. The number of hydrogen-bond acceptors (Lipinski definition) is 4. The molecule has 0 atom stereocenters. The first kappa shape index (κ1) is 15.4. The summed E-state index contributed by atoms with van der Waals surface area (Å²) in [5.74, 6) is 0.195. The molecule has 4 nitrogen and oxygen atoms in total. The lowest BCUT2D eigenvalue weighted by Crippen LogP contribution is -2.52. The average molecular weight is 295 g/mol. The van der Waals surface area contributed by atoms with Gasteiger partial charge in [-0.2, -0.15) is 0 Å². The molecule has 112 valence electrons. The second-order valence-electron chi connectivity index (χ2n) is 6.20. The lowest BCUT2D eigenvalue weighted by atomic mass is 9.74. The Labute approximate surface area is 125 Å². The van der Waals surface area contributed by atoms with E-state index in [0.29, 0.717) is 0 Å². The predicted molar refractivity (Wildman–Crippen MR) is 82.7 cm³/mol. The number of hydrogen-bond donors (Lipinski definition) is 2. The smallest absolute Gasteiger partial charge is 0.227 e. The zero-order valence-electron chi connectivity index (χ0n) is 12.7. The summed E-state index contributed by atoms with van der Waals surface area (Å²) in [7, 11) is 0. The molecule has 20 heavy (non-hydrogen) atoms. The van der Waals surface area contributed by atoms with Crippen molar-refractivity contribution in [2.24, 2.45) is 5.41 Å². The minimum atomic E-state index is -0.392. The van der Waals surface area contributed by atoms with Gasteiger partial charge in [0.2, 0.25) is 5.91 Å². The van der Waals surface area contributed by atoms with Gasteiger partial charge in [0, 0.05) is 11.6 Å². The molecule has 0 aromatic carbocycles. The molecule has 0 radical (unpaired) electrons. The van der Waals surface area contributed by atoms with Crippen LogP contribution in [0.4, 0.5) is 0 Å². The Morgan fingerprint density at radius 2 is 2.20 bits per heavy atom. The molecule has 0 unspecified atom stereocenters. The van der Waals surface area contributed by atoms with Crippen molar-refractivity contribution in [3.8, 4) is 0 Å². The highest BCUT2D eigenvalue weighted by Crippen LogP contribution is 2.35. The van der Waals surface area contributed by atoms with E-state index in [2.05, 4.69) is 22.5 Å². The maximum atomic E-state index is 12.9. The van der Waals surface area contributed by atoms with E-state index in [1.807, 2.05) is 19.2 Å². The van der Waals surface area contributed by atoms with E-state index in [-0.39, 0.29) is 11.3 Å². The third-order valence-corrected chi connectivity index (χ3v) is 5.26. The van der Waals surface area contributed by atoms with Crippen molar-refractivity contribution in [1.82, 2.24) is 15.6 Å². The summed E-state index contributed by atoms with van der Waals surface area (Å²) in [5.41, 5.74) is -0.592. The van der Waals surface area contributed by atoms with Gasteiger partial charge in [0.1, 0.15) is 5.01 Å². The Morgan fingerprint density at radius 1 is 1.50 bits per heavy atom. The summed E-state index contributed by atoms with van der Waals surface area (Å²) in [5, 5.41) is 9.51. The van der Waals surface area contributed by atoms with E-state index in [1.165, 1.54) is 0 Å². The maximum absolute atomic E-state index is 12.9. The molecule has 1 aliphatic heterocycles. The molecule has 0 spiro atoms. The first-order valence-electron chi connectivity index (χ1n) is 7.43. The van der Waals surface area contributed by atoms with Gasteiger partial charge in [0.25, 0.3) is 0 Å². The largest absolute Gasteiger partial charge is 0.344 e. The van der Waals surface area contributed by atoms with Crippen LogP contribution >= 0.6 is 11.3 Å². The molecule has 0 saturated carbocycles. The standard InChI is InChI=1S/C15H25N3OS/c1-4-5-15(6-8-16-9-7-15)12(19)18-14(2,3)13-17-10-11-20-13/h10-11,16H,4-9H2,1-3H3,(H,18,19). The second-order valence-corrected chi connectivity index (χ2v) is 7.09. The van der Waals surface area contributed by atoms with Gasteiger partial charge in [-0.25, -0.2) is 4.98 Å². The topological polar surface area (TPSA) is 54.0 Å². The zero-order valence-corrected chi connectivity index (χ0v) is 13.5. The zero-order chi connectivity index (χ0) is 14.6. The van der Waals surface area contributed by atoms with Crippen LogP contribution in [0.25, 0.3) is 0 Å². The van der Waals surface area contributed by atoms with E-state index in [1.54, 1.807) is 17.5 Å². The van der Waals surface area contributed by atoms with Crippen molar-refractivity contribution >= 4 is 17.2 Å². The molecule has 1 saturated heterocycles. The van der Waals surface area contributed by atoms with Crippen molar-refractivity contribution < 1.29 is 4.79 Å². The highest BCUT2D eigenvalue weighted by Gasteiger charge is 2.41. The van der Waals surface area contributed by atoms with Crippen LogP contribution in [-0.2, 0) is 10.3 Å². The average Bonchev–Trinajstić information content (AvgIpc) is 2.94. The van der Waals surface area contributed by atoms with Crippen molar-refractivity contribution in [3.05, 3.63) is 16.6 Å². The van der Waals surface area contributed by atoms with E-state index < -0.39 is 5.54 Å². The van der Waals surface area contributed by atoms with Gasteiger partial charge in [0.05, 0.1) is 11.0 Å². The fourth-order valence-electron chi connectivity index (χ4n) is 2.98. The molecule has 1 aromatic rings. The fourth-order valence-corrected chi connectivity index (χ4v) is 3.69. The molecule has 1 amide bonds. The molecule has 1 aromatic heterocycles. The number of nitrogens with one attached hydrogen (secondary N) is 2. The molecule has 0 aliphatic carbocycles. The summed E-state index contributed by atoms with van der Waals surface area (Å²) < 4.78 is 0. The number of aromatic nitrogens is 1. The van der Waals surface area contributed by atoms with Crippen LogP contribution < -0.4 is 10.6 Å². The van der Waals surface area contributed by atoms with Gasteiger partial charge in [-0.05, 0) is 46.2 Å². The van der Waals surface area contributed by atoms with Crippen LogP contribution in [0.3, 0.4) is 0 Å². The van der Waals surface area contributed by atoms with Crippen molar-refractivity contribution in [2.75, 3.05) is 13.1 Å². The Morgan fingerprint density at radius 3 is 2.75 bits per heavy atom.